The average Bonchev–Trinajstić information content (AvgIpc) is 2.83. The van der Waals surface area contributed by atoms with E-state index in [-0.39, 0.29) is 25.6 Å². The maximum atomic E-state index is 12.3. The third-order valence-corrected chi connectivity index (χ3v) is 7.12. The van der Waals surface area contributed by atoms with Crippen LogP contribution in [0.1, 0.15) is 117 Å². The van der Waals surface area contributed by atoms with E-state index in [1.807, 2.05) is 21.1 Å². The van der Waals surface area contributed by atoms with Crippen LogP contribution in [0, 0.1) is 0 Å². The molecule has 0 saturated carbocycles. The van der Waals surface area contributed by atoms with Crippen molar-refractivity contribution in [3.8, 4) is 0 Å². The second kappa shape index (κ2) is 22.8. The van der Waals surface area contributed by atoms with Gasteiger partial charge in [-0.3, -0.25) is 18.6 Å². The van der Waals surface area contributed by atoms with Crippen molar-refractivity contribution in [3.05, 3.63) is 0 Å². The number of likely N-dealkylation sites (N-methyl/N-ethyl adjacent to an activating group) is 1. The Morgan fingerprint density at radius 3 is 1.71 bits per heavy atom. The average molecular weight is 567 g/mol. The molecule has 10 heteroatoms. The number of hydrogen-bond acceptors (Lipinski definition) is 7. The number of rotatable bonds is 26. The van der Waals surface area contributed by atoms with Crippen molar-refractivity contribution in [3.63, 3.8) is 0 Å². The quantitative estimate of drug-likeness (QED) is 0.0543. The fourth-order valence-corrected chi connectivity index (χ4v) is 4.46. The summed E-state index contributed by atoms with van der Waals surface area (Å²) in [7, 11) is 1.48. The predicted octanol–water partition coefficient (Wildman–Crippen LogP) is 6.56. The third kappa shape index (κ3) is 25.3. The summed E-state index contributed by atoms with van der Waals surface area (Å²) in [5.41, 5.74) is 0. The second-order valence-electron chi connectivity index (χ2n) is 11.1. The maximum Gasteiger partial charge on any atom is 0.472 e. The van der Waals surface area contributed by atoms with Gasteiger partial charge in [0.05, 0.1) is 27.7 Å². The first-order chi connectivity index (χ1) is 18.0. The topological polar surface area (TPSA) is 108 Å². The molecule has 0 heterocycles. The minimum absolute atomic E-state index is 0.0347. The van der Waals surface area contributed by atoms with Crippen LogP contribution in [0.5, 0.6) is 0 Å². The Labute approximate surface area is 232 Å². The molecule has 0 aromatic rings. The molecule has 0 spiro atoms. The fourth-order valence-electron chi connectivity index (χ4n) is 3.72. The van der Waals surface area contributed by atoms with Gasteiger partial charge in [0.1, 0.15) is 19.8 Å². The number of ether oxygens (including phenoxy) is 2. The minimum atomic E-state index is -4.33. The lowest BCUT2D eigenvalue weighted by Gasteiger charge is -2.24. The summed E-state index contributed by atoms with van der Waals surface area (Å²) >= 11 is 0. The second-order valence-corrected chi connectivity index (χ2v) is 12.6. The normalized spacial score (nSPS) is 14.2. The molecule has 2 atom stereocenters. The van der Waals surface area contributed by atoms with Crippen molar-refractivity contribution in [1.29, 1.82) is 0 Å². The molecule has 0 aliphatic carbocycles. The molecule has 226 valence electrons. The Morgan fingerprint density at radius 2 is 1.18 bits per heavy atom. The highest BCUT2D eigenvalue weighted by atomic mass is 31.2. The molecule has 0 aromatic carbocycles. The van der Waals surface area contributed by atoms with Gasteiger partial charge in [0.25, 0.3) is 0 Å². The van der Waals surface area contributed by atoms with Crippen LogP contribution in [0.15, 0.2) is 0 Å². The Morgan fingerprint density at radius 1 is 0.711 bits per heavy atom. The first-order valence-corrected chi connectivity index (χ1v) is 16.3. The van der Waals surface area contributed by atoms with E-state index in [9.17, 15) is 19.0 Å². The van der Waals surface area contributed by atoms with E-state index < -0.39 is 26.5 Å². The van der Waals surface area contributed by atoms with Crippen LogP contribution in [0.25, 0.3) is 0 Å². The maximum absolute atomic E-state index is 12.3. The van der Waals surface area contributed by atoms with Crippen LogP contribution in [0.2, 0.25) is 0 Å². The van der Waals surface area contributed by atoms with Gasteiger partial charge in [-0.15, -0.1) is 0 Å². The highest BCUT2D eigenvalue weighted by Crippen LogP contribution is 2.43. The van der Waals surface area contributed by atoms with E-state index in [2.05, 4.69) is 13.8 Å². The first kappa shape index (κ1) is 37.0. The van der Waals surface area contributed by atoms with Crippen molar-refractivity contribution >= 4 is 19.8 Å². The highest BCUT2D eigenvalue weighted by molar-refractivity contribution is 7.47. The van der Waals surface area contributed by atoms with Crippen LogP contribution in [-0.4, -0.2) is 74.9 Å². The van der Waals surface area contributed by atoms with E-state index in [4.69, 9.17) is 18.5 Å². The van der Waals surface area contributed by atoms with E-state index >= 15 is 0 Å². The Bertz CT molecular complexity index is 653. The lowest BCUT2D eigenvalue weighted by atomic mass is 10.1. The molecular formula is C28H57NO8P+. The predicted molar refractivity (Wildman–Crippen MR) is 151 cm³/mol. The lowest BCUT2D eigenvalue weighted by Crippen LogP contribution is -2.37. The van der Waals surface area contributed by atoms with Crippen LogP contribution in [0.4, 0.5) is 0 Å². The van der Waals surface area contributed by atoms with E-state index in [0.29, 0.717) is 23.9 Å². The summed E-state index contributed by atoms with van der Waals surface area (Å²) in [4.78, 5) is 34.5. The lowest BCUT2D eigenvalue weighted by molar-refractivity contribution is -0.870. The van der Waals surface area contributed by atoms with Crippen LogP contribution < -0.4 is 0 Å². The number of phosphoric acid groups is 1. The van der Waals surface area contributed by atoms with Crippen molar-refractivity contribution in [2.45, 2.75) is 123 Å². The van der Waals surface area contributed by atoms with Gasteiger partial charge >= 0.3 is 19.8 Å². The summed E-state index contributed by atoms with van der Waals surface area (Å²) in [6.45, 7) is 4.23. The molecule has 0 fully saturated rings. The number of nitrogens with zero attached hydrogens (tertiary/aromatic N) is 1. The molecule has 0 bridgehead atoms. The smallest absolute Gasteiger partial charge is 0.462 e. The Kier molecular flexibility index (Phi) is 22.2. The van der Waals surface area contributed by atoms with Gasteiger partial charge in [0.2, 0.25) is 0 Å². The number of quaternary nitrogens is 1. The standard InChI is InChI=1S/C28H56NO8P/c1-6-8-10-12-13-14-15-16-17-19-20-27(30)34-24-26(37-28(31)21-18-11-9-7-2)25-36-38(32,33)35-23-22-29(3,4)5/h26H,6-25H2,1-5H3/p+1/t26-/m0/s1. The van der Waals surface area contributed by atoms with Gasteiger partial charge in [0, 0.05) is 12.8 Å². The van der Waals surface area contributed by atoms with Crippen molar-refractivity contribution < 1.29 is 42.1 Å². The summed E-state index contributed by atoms with van der Waals surface area (Å²) in [5.74, 6) is -0.820. The van der Waals surface area contributed by atoms with Crippen LogP contribution in [-0.2, 0) is 32.7 Å². The molecular weight excluding hydrogens is 509 g/mol. The number of carbonyl (C=O) groups excluding carboxylic acids is 2. The number of phosphoric ester groups is 1. The summed E-state index contributed by atoms with van der Waals surface area (Å²) in [5, 5.41) is 0. The molecule has 0 aromatic heterocycles. The SMILES string of the molecule is CCCCCCCCCCCCC(=O)OC[C@@H](COP(=O)(O)OCC[N+](C)(C)C)OC(=O)CCCCCC. The van der Waals surface area contributed by atoms with Gasteiger partial charge in [-0.25, -0.2) is 4.57 Å². The molecule has 0 radical (unpaired) electrons. The van der Waals surface area contributed by atoms with Crippen LogP contribution in [0.3, 0.4) is 0 Å². The monoisotopic (exact) mass is 566 g/mol. The summed E-state index contributed by atoms with van der Waals surface area (Å²) < 4.78 is 33.6. The van der Waals surface area contributed by atoms with Gasteiger partial charge < -0.3 is 18.9 Å². The summed E-state index contributed by atoms with van der Waals surface area (Å²) in [6.07, 6.45) is 15.0. The summed E-state index contributed by atoms with van der Waals surface area (Å²) in [6, 6.07) is 0. The van der Waals surface area contributed by atoms with E-state index in [0.717, 1.165) is 38.5 Å². The number of hydrogen-bond donors (Lipinski definition) is 1. The molecule has 1 N–H and O–H groups in total. The van der Waals surface area contributed by atoms with Gasteiger partial charge in [-0.2, -0.15) is 0 Å². The number of unbranched alkanes of at least 4 members (excludes halogenated alkanes) is 12. The zero-order valence-corrected chi connectivity index (χ0v) is 25.8. The molecule has 0 rings (SSSR count). The van der Waals surface area contributed by atoms with Crippen LogP contribution >= 0.6 is 7.82 Å². The van der Waals surface area contributed by atoms with Crippen molar-refractivity contribution in [2.24, 2.45) is 0 Å². The Hall–Kier alpha value is -0.990. The fraction of sp³-hybridized carbons (Fsp3) is 0.929. The largest absolute Gasteiger partial charge is 0.472 e. The van der Waals surface area contributed by atoms with Gasteiger partial charge in [-0.1, -0.05) is 90.9 Å². The first-order valence-electron chi connectivity index (χ1n) is 14.8. The third-order valence-electron chi connectivity index (χ3n) is 6.14. The van der Waals surface area contributed by atoms with Gasteiger partial charge in [0.15, 0.2) is 6.10 Å². The number of esters is 2. The molecule has 38 heavy (non-hydrogen) atoms. The minimum Gasteiger partial charge on any atom is -0.462 e. The number of carbonyl (C=O) groups is 2. The van der Waals surface area contributed by atoms with E-state index in [1.54, 1.807) is 0 Å². The Balaban J connectivity index is 4.44. The molecule has 0 saturated heterocycles. The molecule has 0 aliphatic heterocycles. The zero-order valence-electron chi connectivity index (χ0n) is 24.9. The van der Waals surface area contributed by atoms with Crippen molar-refractivity contribution in [2.75, 3.05) is 47.5 Å². The molecule has 9 nitrogen and oxygen atoms in total. The van der Waals surface area contributed by atoms with Gasteiger partial charge in [-0.05, 0) is 12.8 Å². The molecule has 0 amide bonds. The van der Waals surface area contributed by atoms with E-state index in [1.165, 1.54) is 44.9 Å². The van der Waals surface area contributed by atoms with Crippen molar-refractivity contribution in [1.82, 2.24) is 0 Å². The zero-order chi connectivity index (χ0) is 28.7. The molecule has 0 aliphatic rings. The highest BCUT2D eigenvalue weighted by Gasteiger charge is 2.27. The molecule has 1 unspecified atom stereocenters.